The molecule has 7 heteroatoms. The van der Waals surface area contributed by atoms with E-state index in [2.05, 4.69) is 110 Å². The molecule has 35 heavy (non-hydrogen) atoms. The van der Waals surface area contributed by atoms with Crippen LogP contribution in [0.3, 0.4) is 0 Å². The maximum atomic E-state index is 6.01. The monoisotopic (exact) mass is 465 g/mol. The highest BCUT2D eigenvalue weighted by atomic mass is 15.3. The predicted octanol–water partition coefficient (Wildman–Crippen LogP) is 4.41. The summed E-state index contributed by atoms with van der Waals surface area (Å²) in [4.78, 5) is 18.2. The second-order valence-electron chi connectivity index (χ2n) is 8.96. The van der Waals surface area contributed by atoms with Gasteiger partial charge in [-0.15, -0.1) is 0 Å². The van der Waals surface area contributed by atoms with E-state index < -0.39 is 0 Å². The van der Waals surface area contributed by atoms with Gasteiger partial charge in [-0.3, -0.25) is 9.80 Å². The van der Waals surface area contributed by atoms with Crippen molar-refractivity contribution in [2.75, 3.05) is 37.2 Å². The first-order valence-corrected chi connectivity index (χ1v) is 12.0. The molecule has 5 rings (SSSR count). The van der Waals surface area contributed by atoms with Gasteiger partial charge in [-0.05, 0) is 35.7 Å². The number of nitrogens with two attached hydrogens (primary N) is 1. The third-order valence-electron chi connectivity index (χ3n) is 6.34. The second-order valence-corrected chi connectivity index (χ2v) is 8.96. The molecule has 7 nitrogen and oxygen atoms in total. The van der Waals surface area contributed by atoms with Crippen LogP contribution in [0.1, 0.15) is 28.6 Å². The Morgan fingerprint density at radius 3 is 2.09 bits per heavy atom. The van der Waals surface area contributed by atoms with Crippen molar-refractivity contribution in [3.8, 4) is 0 Å². The Balaban J connectivity index is 1.26. The van der Waals surface area contributed by atoms with Crippen molar-refractivity contribution in [1.82, 2.24) is 24.8 Å². The van der Waals surface area contributed by atoms with Crippen molar-refractivity contribution < 1.29 is 0 Å². The Hall–Kier alpha value is -3.81. The number of hydrogen-bond acceptors (Lipinski definition) is 7. The highest BCUT2D eigenvalue weighted by molar-refractivity contribution is 5.54. The van der Waals surface area contributed by atoms with Crippen molar-refractivity contribution in [3.63, 3.8) is 0 Å². The van der Waals surface area contributed by atoms with Gasteiger partial charge in [0.25, 0.3) is 0 Å². The minimum atomic E-state index is 0.233. The minimum Gasteiger partial charge on any atom is -0.368 e. The van der Waals surface area contributed by atoms with E-state index in [1.165, 1.54) is 16.7 Å². The van der Waals surface area contributed by atoms with E-state index in [-0.39, 0.29) is 12.0 Å². The van der Waals surface area contributed by atoms with Crippen molar-refractivity contribution >= 4 is 17.6 Å². The molecular weight excluding hydrogens is 434 g/mol. The van der Waals surface area contributed by atoms with Gasteiger partial charge in [0.15, 0.2) is 0 Å². The molecule has 3 N–H and O–H groups in total. The Morgan fingerprint density at radius 1 is 0.800 bits per heavy atom. The molecule has 4 aromatic rings. The maximum Gasteiger partial charge on any atom is 0.232 e. The number of nitrogens with zero attached hydrogens (tertiary/aromatic N) is 5. The van der Waals surface area contributed by atoms with Crippen LogP contribution in [0.4, 0.5) is 17.6 Å². The van der Waals surface area contributed by atoms with Crippen molar-refractivity contribution in [1.29, 1.82) is 0 Å². The summed E-state index contributed by atoms with van der Waals surface area (Å²) in [7, 11) is 0. The number of nitrogens with one attached hydrogen (secondary N) is 1. The van der Waals surface area contributed by atoms with Crippen LogP contribution in [0.2, 0.25) is 0 Å². The van der Waals surface area contributed by atoms with Gasteiger partial charge in [-0.1, -0.05) is 72.8 Å². The molecule has 1 saturated heterocycles. The van der Waals surface area contributed by atoms with Gasteiger partial charge in [0.2, 0.25) is 11.9 Å². The molecule has 1 aromatic heterocycles. The summed E-state index contributed by atoms with van der Waals surface area (Å²) in [6.45, 7) is 6.49. The van der Waals surface area contributed by atoms with Gasteiger partial charge in [0.05, 0.1) is 12.6 Å². The van der Waals surface area contributed by atoms with Crippen LogP contribution in [0.5, 0.6) is 0 Å². The molecule has 0 spiro atoms. The van der Waals surface area contributed by atoms with Crippen molar-refractivity contribution in [3.05, 3.63) is 107 Å². The molecule has 0 atom stereocenters. The molecule has 0 radical (unpaired) electrons. The Labute approximate surface area is 206 Å². The lowest BCUT2D eigenvalue weighted by molar-refractivity contribution is 0.103. The van der Waals surface area contributed by atoms with Crippen LogP contribution < -0.4 is 11.1 Å². The average Bonchev–Trinajstić information content (AvgIpc) is 2.86. The molecule has 2 heterocycles. The molecule has 0 amide bonds. The van der Waals surface area contributed by atoms with Gasteiger partial charge in [-0.25, -0.2) is 0 Å². The van der Waals surface area contributed by atoms with Gasteiger partial charge in [0.1, 0.15) is 5.82 Å². The van der Waals surface area contributed by atoms with Crippen molar-refractivity contribution in [2.24, 2.45) is 0 Å². The summed E-state index contributed by atoms with van der Waals surface area (Å²) in [6.07, 6.45) is 0. The van der Waals surface area contributed by atoms with Crippen LogP contribution in [-0.4, -0.2) is 50.9 Å². The zero-order chi connectivity index (χ0) is 24.0. The number of aromatic nitrogens is 3. The lowest BCUT2D eigenvalue weighted by atomic mass is 9.96. The van der Waals surface area contributed by atoms with E-state index in [1.54, 1.807) is 0 Å². The summed E-state index contributed by atoms with van der Waals surface area (Å²) < 4.78 is 0. The zero-order valence-electron chi connectivity index (χ0n) is 20.0. The lowest BCUT2D eigenvalue weighted by Crippen LogP contribution is -2.47. The molecule has 0 bridgehead atoms. The highest BCUT2D eigenvalue weighted by Crippen LogP contribution is 2.29. The molecule has 0 aliphatic carbocycles. The van der Waals surface area contributed by atoms with Gasteiger partial charge in [-0.2, -0.15) is 15.0 Å². The molecule has 0 unspecified atom stereocenters. The number of nitrogen functional groups attached to an aromatic ring is 1. The van der Waals surface area contributed by atoms with E-state index in [9.17, 15) is 0 Å². The van der Waals surface area contributed by atoms with Crippen LogP contribution >= 0.6 is 0 Å². The van der Waals surface area contributed by atoms with Crippen molar-refractivity contribution in [2.45, 2.75) is 19.5 Å². The average molecular weight is 466 g/mol. The number of benzene rings is 3. The standard InChI is InChI=1S/C28H31N7/c1-21-9-8-14-24(19-21)30-28-32-25(31-27(29)33-28)20-34-15-17-35(18-16-34)26(22-10-4-2-5-11-22)23-12-6-3-7-13-23/h2-14,19,26H,15-18,20H2,1H3,(H3,29,30,31,32,33). The van der Waals surface area contributed by atoms with E-state index in [0.717, 1.165) is 31.9 Å². The smallest absolute Gasteiger partial charge is 0.232 e. The predicted molar refractivity (Wildman–Crippen MR) is 140 cm³/mol. The van der Waals surface area contributed by atoms with Crippen LogP contribution in [-0.2, 0) is 6.54 Å². The maximum absolute atomic E-state index is 6.01. The second kappa shape index (κ2) is 10.6. The van der Waals surface area contributed by atoms with Crippen LogP contribution in [0, 0.1) is 6.92 Å². The zero-order valence-corrected chi connectivity index (χ0v) is 20.0. The Kier molecular flexibility index (Phi) is 6.97. The Morgan fingerprint density at radius 2 is 1.46 bits per heavy atom. The largest absolute Gasteiger partial charge is 0.368 e. The van der Waals surface area contributed by atoms with E-state index >= 15 is 0 Å². The Bertz CT molecular complexity index is 1200. The third-order valence-corrected chi connectivity index (χ3v) is 6.34. The molecular formula is C28H31N7. The molecule has 3 aromatic carbocycles. The van der Waals surface area contributed by atoms with E-state index in [1.807, 2.05) is 12.1 Å². The first kappa shape index (κ1) is 23.0. The summed E-state index contributed by atoms with van der Waals surface area (Å²) in [6, 6.07) is 29.9. The molecule has 1 aliphatic rings. The SMILES string of the molecule is Cc1cccc(Nc2nc(N)nc(CN3CCN(C(c4ccccc4)c4ccccc4)CC3)n2)c1. The van der Waals surface area contributed by atoms with Gasteiger partial charge in [0, 0.05) is 31.9 Å². The number of hydrogen-bond donors (Lipinski definition) is 2. The van der Waals surface area contributed by atoms with E-state index in [0.29, 0.717) is 18.3 Å². The number of anilines is 3. The fraction of sp³-hybridized carbons (Fsp3) is 0.250. The fourth-order valence-corrected chi connectivity index (χ4v) is 4.68. The quantitative estimate of drug-likeness (QED) is 0.418. The normalized spacial score (nSPS) is 14.8. The minimum absolute atomic E-state index is 0.233. The molecule has 1 fully saturated rings. The summed E-state index contributed by atoms with van der Waals surface area (Å²) in [5.74, 6) is 1.39. The summed E-state index contributed by atoms with van der Waals surface area (Å²) in [5.41, 5.74) is 10.8. The number of piperazine rings is 1. The van der Waals surface area contributed by atoms with Crippen LogP contribution in [0.25, 0.3) is 0 Å². The summed E-state index contributed by atoms with van der Waals surface area (Å²) >= 11 is 0. The fourth-order valence-electron chi connectivity index (χ4n) is 4.68. The topological polar surface area (TPSA) is 83.2 Å². The van der Waals surface area contributed by atoms with Gasteiger partial charge < -0.3 is 11.1 Å². The molecule has 178 valence electrons. The van der Waals surface area contributed by atoms with Crippen LogP contribution in [0.15, 0.2) is 84.9 Å². The molecule has 1 aliphatic heterocycles. The number of aryl methyl sites for hydroxylation is 1. The first-order valence-electron chi connectivity index (χ1n) is 12.0. The number of rotatable bonds is 7. The van der Waals surface area contributed by atoms with E-state index in [4.69, 9.17) is 5.73 Å². The summed E-state index contributed by atoms with van der Waals surface area (Å²) in [5, 5.41) is 3.25. The van der Waals surface area contributed by atoms with Gasteiger partial charge >= 0.3 is 0 Å². The first-order chi connectivity index (χ1) is 17.1. The highest BCUT2D eigenvalue weighted by Gasteiger charge is 2.26. The lowest BCUT2D eigenvalue weighted by Gasteiger charge is -2.39. The molecule has 0 saturated carbocycles. The third kappa shape index (κ3) is 5.82.